The number of fused-ring (bicyclic) bond motifs is 1. The molecule has 1 atom stereocenters. The largest absolute Gasteiger partial charge is 0.306 e. The van der Waals surface area contributed by atoms with Gasteiger partial charge in [-0.1, -0.05) is 17.8 Å². The highest BCUT2D eigenvalue weighted by Gasteiger charge is 2.31. The van der Waals surface area contributed by atoms with E-state index in [4.69, 9.17) is 0 Å². The lowest BCUT2D eigenvalue weighted by Gasteiger charge is -2.32. The number of carbonyl (C=O) groups excluding carboxylic acids is 1. The Hall–Kier alpha value is -3.15. The minimum atomic E-state index is -3.61. The van der Waals surface area contributed by atoms with Crippen LogP contribution in [0.4, 0.5) is 10.2 Å². The average Bonchev–Trinajstić information content (AvgIpc) is 3.41. The van der Waals surface area contributed by atoms with Gasteiger partial charge in [-0.15, -0.1) is 0 Å². The summed E-state index contributed by atoms with van der Waals surface area (Å²) in [5, 5.41) is 7.74. The number of aryl methyl sites for hydroxylation is 1. The van der Waals surface area contributed by atoms with E-state index in [2.05, 4.69) is 15.4 Å². The highest BCUT2D eigenvalue weighted by molar-refractivity contribution is 7.89. The van der Waals surface area contributed by atoms with E-state index >= 15 is 0 Å². The van der Waals surface area contributed by atoms with Crippen molar-refractivity contribution in [3.63, 3.8) is 0 Å². The summed E-state index contributed by atoms with van der Waals surface area (Å²) in [7, 11) is -3.61. The zero-order valence-electron chi connectivity index (χ0n) is 19.2. The summed E-state index contributed by atoms with van der Waals surface area (Å²) in [6, 6.07) is 12.0. The summed E-state index contributed by atoms with van der Waals surface area (Å²) in [5.74, 6) is -0.350. The van der Waals surface area contributed by atoms with E-state index in [0.717, 1.165) is 19.3 Å². The number of anilines is 1. The number of piperidine rings is 1. The molecule has 11 heteroatoms. The fourth-order valence-corrected chi connectivity index (χ4v) is 6.90. The Morgan fingerprint density at radius 3 is 2.66 bits per heavy atom. The van der Waals surface area contributed by atoms with E-state index in [1.807, 2.05) is 6.92 Å². The van der Waals surface area contributed by atoms with Gasteiger partial charge in [0.25, 0.3) is 5.91 Å². The summed E-state index contributed by atoms with van der Waals surface area (Å²) in [4.78, 5) is 17.6. The van der Waals surface area contributed by atoms with Gasteiger partial charge in [-0.05, 0) is 69.2 Å². The maximum absolute atomic E-state index is 13.6. The first-order valence-electron chi connectivity index (χ1n) is 11.3. The van der Waals surface area contributed by atoms with Crippen LogP contribution in [0.3, 0.4) is 0 Å². The van der Waals surface area contributed by atoms with Crippen LogP contribution >= 0.6 is 11.3 Å². The first kappa shape index (κ1) is 23.6. The Morgan fingerprint density at radius 1 is 1.14 bits per heavy atom. The van der Waals surface area contributed by atoms with E-state index in [1.165, 1.54) is 56.7 Å². The third-order valence-corrected chi connectivity index (χ3v) is 9.08. The van der Waals surface area contributed by atoms with Gasteiger partial charge in [-0.25, -0.2) is 17.8 Å². The molecule has 1 amide bonds. The Kier molecular flexibility index (Phi) is 6.16. The molecule has 2 aromatic heterocycles. The predicted octanol–water partition coefficient (Wildman–Crippen LogP) is 4.74. The molecule has 1 unspecified atom stereocenters. The minimum absolute atomic E-state index is 0.0424. The number of nitrogens with one attached hydrogen (secondary N) is 1. The normalized spacial score (nSPS) is 17.1. The number of thiazole rings is 1. The molecule has 35 heavy (non-hydrogen) atoms. The van der Waals surface area contributed by atoms with Gasteiger partial charge in [0, 0.05) is 24.2 Å². The Bertz CT molecular complexity index is 1510. The number of hydrogen-bond donors (Lipinski definition) is 1. The lowest BCUT2D eigenvalue weighted by molar-refractivity contribution is 0.102. The lowest BCUT2D eigenvalue weighted by atomic mass is 10.1. The molecule has 4 aromatic rings. The summed E-state index contributed by atoms with van der Waals surface area (Å²) in [5.41, 5.74) is 1.62. The van der Waals surface area contributed by atoms with Crippen molar-refractivity contribution in [1.29, 1.82) is 0 Å². The van der Waals surface area contributed by atoms with E-state index < -0.39 is 15.9 Å². The highest BCUT2D eigenvalue weighted by atomic mass is 32.2. The molecule has 1 saturated heterocycles. The molecule has 0 bridgehead atoms. The molecule has 1 aliphatic rings. The van der Waals surface area contributed by atoms with Crippen LogP contribution in [0.1, 0.15) is 42.2 Å². The maximum Gasteiger partial charge on any atom is 0.256 e. The van der Waals surface area contributed by atoms with Crippen molar-refractivity contribution in [1.82, 2.24) is 19.1 Å². The topological polar surface area (TPSA) is 97.2 Å². The van der Waals surface area contributed by atoms with Crippen molar-refractivity contribution < 1.29 is 17.6 Å². The van der Waals surface area contributed by atoms with E-state index in [0.29, 0.717) is 39.0 Å². The highest BCUT2D eigenvalue weighted by Crippen LogP contribution is 2.29. The number of amides is 1. The van der Waals surface area contributed by atoms with Crippen LogP contribution in [0.25, 0.3) is 15.3 Å². The van der Waals surface area contributed by atoms with E-state index in [1.54, 1.807) is 19.1 Å². The zero-order valence-corrected chi connectivity index (χ0v) is 20.9. The number of halogens is 1. The molecule has 1 fully saturated rings. The summed E-state index contributed by atoms with van der Waals surface area (Å²) >= 11 is 1.26. The summed E-state index contributed by atoms with van der Waals surface area (Å²) < 4.78 is 43.4. The van der Waals surface area contributed by atoms with Crippen LogP contribution in [0.2, 0.25) is 0 Å². The number of carbonyl (C=O) groups is 1. The number of rotatable bonds is 5. The molecule has 0 saturated carbocycles. The van der Waals surface area contributed by atoms with Crippen molar-refractivity contribution in [2.24, 2.45) is 0 Å². The average molecular weight is 514 g/mol. The fraction of sp³-hybridized carbons (Fsp3) is 0.292. The SMILES string of the molecule is Cc1cc(NC(=O)c2ccc(S(=O)(=O)N3CCCCC3C)cc2)n(-c2nc3ccc(F)cc3s2)n1. The smallest absolute Gasteiger partial charge is 0.256 e. The second kappa shape index (κ2) is 9.14. The molecule has 182 valence electrons. The van der Waals surface area contributed by atoms with Gasteiger partial charge in [0.2, 0.25) is 15.2 Å². The first-order valence-corrected chi connectivity index (χ1v) is 13.5. The Morgan fingerprint density at radius 2 is 1.91 bits per heavy atom. The fourth-order valence-electron chi connectivity index (χ4n) is 4.24. The van der Waals surface area contributed by atoms with Crippen LogP contribution in [0.15, 0.2) is 53.4 Å². The zero-order chi connectivity index (χ0) is 24.7. The molecular weight excluding hydrogens is 489 g/mol. The Labute approximate surface area is 206 Å². The van der Waals surface area contributed by atoms with Crippen LogP contribution in [0.5, 0.6) is 0 Å². The molecule has 0 aliphatic carbocycles. The van der Waals surface area contributed by atoms with Gasteiger partial charge in [0.15, 0.2) is 0 Å². The third-order valence-electron chi connectivity index (χ3n) is 6.06. The number of hydrogen-bond acceptors (Lipinski definition) is 6. The monoisotopic (exact) mass is 513 g/mol. The van der Waals surface area contributed by atoms with Gasteiger partial charge >= 0.3 is 0 Å². The number of nitrogens with zero attached hydrogens (tertiary/aromatic N) is 4. The molecule has 0 radical (unpaired) electrons. The van der Waals surface area contributed by atoms with Crippen molar-refractivity contribution in [3.05, 3.63) is 65.6 Å². The number of sulfonamides is 1. The maximum atomic E-state index is 13.6. The molecule has 3 heterocycles. The van der Waals surface area contributed by atoms with E-state index in [-0.39, 0.29) is 16.8 Å². The van der Waals surface area contributed by atoms with Gasteiger partial charge in [-0.2, -0.15) is 14.1 Å². The van der Waals surface area contributed by atoms with Gasteiger partial charge in [0.05, 0.1) is 20.8 Å². The second-order valence-corrected chi connectivity index (χ2v) is 11.5. The van der Waals surface area contributed by atoms with Crippen molar-refractivity contribution in [2.45, 2.75) is 44.0 Å². The summed E-state index contributed by atoms with van der Waals surface area (Å²) in [6.45, 7) is 4.22. The second-order valence-electron chi connectivity index (χ2n) is 8.63. The molecule has 2 aromatic carbocycles. The molecule has 8 nitrogen and oxygen atoms in total. The van der Waals surface area contributed by atoms with Crippen molar-refractivity contribution in [2.75, 3.05) is 11.9 Å². The van der Waals surface area contributed by atoms with Crippen LogP contribution in [-0.2, 0) is 10.0 Å². The number of benzene rings is 2. The number of aromatic nitrogens is 3. The predicted molar refractivity (Wildman–Crippen MR) is 133 cm³/mol. The molecule has 5 rings (SSSR count). The molecule has 1 N–H and O–H groups in total. The third kappa shape index (κ3) is 4.58. The van der Waals surface area contributed by atoms with Crippen LogP contribution in [-0.4, -0.2) is 46.0 Å². The molecular formula is C24H24FN5O3S2. The van der Waals surface area contributed by atoms with Crippen LogP contribution in [0, 0.1) is 12.7 Å². The van der Waals surface area contributed by atoms with E-state index in [9.17, 15) is 17.6 Å². The summed E-state index contributed by atoms with van der Waals surface area (Å²) in [6.07, 6.45) is 2.72. The van der Waals surface area contributed by atoms with Crippen LogP contribution < -0.4 is 5.32 Å². The first-order chi connectivity index (χ1) is 16.7. The Balaban J connectivity index is 1.38. The van der Waals surface area contributed by atoms with Crippen molar-refractivity contribution >= 4 is 43.3 Å². The standard InChI is InChI=1S/C24H24FN5O3S2/c1-15-13-22(30(28-15)24-26-20-11-8-18(25)14-21(20)34-24)27-23(31)17-6-9-19(10-7-17)35(32,33)29-12-4-3-5-16(29)2/h6-11,13-14,16H,3-5,12H2,1-2H3,(H,27,31). The quantitative estimate of drug-likeness (QED) is 0.416. The van der Waals surface area contributed by atoms with Crippen molar-refractivity contribution in [3.8, 4) is 5.13 Å². The molecule has 0 spiro atoms. The minimum Gasteiger partial charge on any atom is -0.306 e. The molecule has 1 aliphatic heterocycles. The van der Waals surface area contributed by atoms with Gasteiger partial charge in [-0.3, -0.25) is 4.79 Å². The van der Waals surface area contributed by atoms with Gasteiger partial charge in [0.1, 0.15) is 11.6 Å². The van der Waals surface area contributed by atoms with Gasteiger partial charge < -0.3 is 5.32 Å². The lowest BCUT2D eigenvalue weighted by Crippen LogP contribution is -2.41.